The average molecular weight is 302 g/mol. The highest BCUT2D eigenvalue weighted by Gasteiger charge is 2.12. The zero-order chi connectivity index (χ0) is 15.0. The van der Waals surface area contributed by atoms with E-state index in [0.717, 1.165) is 0 Å². The summed E-state index contributed by atoms with van der Waals surface area (Å²) >= 11 is 6.09. The molecule has 0 radical (unpaired) electrons. The first-order valence-corrected chi connectivity index (χ1v) is 6.24. The molecule has 1 aromatic carbocycles. The normalized spacial score (nSPS) is 10.6. The molecular weight excluding hydrogens is 286 g/mol. The van der Waals surface area contributed by atoms with E-state index < -0.39 is 6.03 Å². The van der Waals surface area contributed by atoms with Gasteiger partial charge in [-0.15, -0.1) is 0 Å². The van der Waals surface area contributed by atoms with Gasteiger partial charge in [-0.3, -0.25) is 0 Å². The lowest BCUT2D eigenvalue weighted by molar-refractivity contribution is 0.194. The van der Waals surface area contributed by atoms with Crippen LogP contribution < -0.4 is 20.6 Å². The summed E-state index contributed by atoms with van der Waals surface area (Å²) in [6.07, 6.45) is 1.37. The molecule has 0 aliphatic heterocycles. The summed E-state index contributed by atoms with van der Waals surface area (Å²) in [5, 5.41) is 12.7. The van der Waals surface area contributed by atoms with Crippen molar-refractivity contribution >= 4 is 23.8 Å². The van der Waals surface area contributed by atoms with E-state index >= 15 is 0 Å². The molecule has 0 saturated carbocycles. The van der Waals surface area contributed by atoms with Gasteiger partial charge in [-0.2, -0.15) is 5.10 Å². The molecule has 0 aromatic heterocycles. The molecule has 0 aliphatic rings. The molecule has 2 amide bonds. The molecule has 7 nitrogen and oxygen atoms in total. The zero-order valence-corrected chi connectivity index (χ0v) is 11.7. The van der Waals surface area contributed by atoms with Gasteiger partial charge in [0, 0.05) is 0 Å². The fourth-order valence-corrected chi connectivity index (χ4v) is 1.66. The van der Waals surface area contributed by atoms with Crippen molar-refractivity contribution in [2.24, 2.45) is 10.8 Å². The Hall–Kier alpha value is -1.99. The lowest BCUT2D eigenvalue weighted by Gasteiger charge is -2.13. The SMILES string of the molecule is CCOc1cc(C=NNC(N)=O)cc(Cl)c1OCCO. The molecule has 0 heterocycles. The number of hydrazone groups is 1. The largest absolute Gasteiger partial charge is 0.490 e. The summed E-state index contributed by atoms with van der Waals surface area (Å²) < 4.78 is 10.7. The van der Waals surface area contributed by atoms with Crippen LogP contribution in [0.2, 0.25) is 5.02 Å². The number of primary amides is 1. The van der Waals surface area contributed by atoms with Gasteiger partial charge in [0.05, 0.1) is 24.5 Å². The number of hydrogen-bond acceptors (Lipinski definition) is 5. The standard InChI is InChI=1S/C12H16ClN3O4/c1-2-19-10-6-8(7-15-16-12(14)18)5-9(13)11(10)20-4-3-17/h5-7,17H,2-4H2,1H3,(H3,14,16,18). The fraction of sp³-hybridized carbons (Fsp3) is 0.333. The maximum Gasteiger partial charge on any atom is 0.332 e. The third-order valence-electron chi connectivity index (χ3n) is 2.06. The Bertz CT molecular complexity index is 494. The van der Waals surface area contributed by atoms with Gasteiger partial charge in [-0.25, -0.2) is 10.2 Å². The van der Waals surface area contributed by atoms with Gasteiger partial charge < -0.3 is 20.3 Å². The number of halogens is 1. The number of amides is 2. The molecule has 110 valence electrons. The maximum atomic E-state index is 10.5. The number of ether oxygens (including phenoxy) is 2. The van der Waals surface area contributed by atoms with Crippen molar-refractivity contribution in [2.45, 2.75) is 6.92 Å². The Morgan fingerprint density at radius 1 is 1.55 bits per heavy atom. The van der Waals surface area contributed by atoms with E-state index in [4.69, 9.17) is 31.9 Å². The smallest absolute Gasteiger partial charge is 0.332 e. The van der Waals surface area contributed by atoms with Crippen molar-refractivity contribution in [3.8, 4) is 11.5 Å². The highest BCUT2D eigenvalue weighted by Crippen LogP contribution is 2.36. The van der Waals surface area contributed by atoms with Crippen LogP contribution in [0.25, 0.3) is 0 Å². The van der Waals surface area contributed by atoms with Gasteiger partial charge >= 0.3 is 6.03 Å². The topological polar surface area (TPSA) is 106 Å². The second kappa shape index (κ2) is 8.23. The number of aliphatic hydroxyl groups is 1. The van der Waals surface area contributed by atoms with Crippen LogP contribution in [0.1, 0.15) is 12.5 Å². The van der Waals surface area contributed by atoms with Crippen LogP contribution in [0.5, 0.6) is 11.5 Å². The summed E-state index contributed by atoms with van der Waals surface area (Å²) in [5.41, 5.74) is 7.56. The minimum absolute atomic E-state index is 0.108. The predicted molar refractivity (Wildman–Crippen MR) is 75.5 cm³/mol. The minimum atomic E-state index is -0.764. The van der Waals surface area contributed by atoms with Gasteiger partial charge in [0.1, 0.15) is 6.61 Å². The number of aliphatic hydroxyl groups excluding tert-OH is 1. The summed E-state index contributed by atoms with van der Waals surface area (Å²) in [6, 6.07) is 2.47. The van der Waals surface area contributed by atoms with E-state index in [2.05, 4.69) is 10.5 Å². The van der Waals surface area contributed by atoms with E-state index in [9.17, 15) is 4.79 Å². The number of hydrogen-bond donors (Lipinski definition) is 3. The Labute approximate surface area is 121 Å². The van der Waals surface area contributed by atoms with Gasteiger partial charge in [-0.05, 0) is 24.6 Å². The van der Waals surface area contributed by atoms with Crippen LogP contribution >= 0.6 is 11.6 Å². The van der Waals surface area contributed by atoms with E-state index in [0.29, 0.717) is 28.7 Å². The fourth-order valence-electron chi connectivity index (χ4n) is 1.38. The summed E-state index contributed by atoms with van der Waals surface area (Å²) in [5.74, 6) is 0.775. The monoisotopic (exact) mass is 301 g/mol. The summed E-state index contributed by atoms with van der Waals surface area (Å²) in [7, 11) is 0. The lowest BCUT2D eigenvalue weighted by Crippen LogP contribution is -2.24. The number of carbonyl (C=O) groups excluding carboxylic acids is 1. The highest BCUT2D eigenvalue weighted by atomic mass is 35.5. The Balaban J connectivity index is 2.99. The molecule has 0 unspecified atom stereocenters. The van der Waals surface area contributed by atoms with E-state index in [1.807, 2.05) is 6.92 Å². The Morgan fingerprint density at radius 2 is 2.30 bits per heavy atom. The first kappa shape index (κ1) is 16.1. The second-order valence-electron chi connectivity index (χ2n) is 3.57. The Morgan fingerprint density at radius 3 is 2.90 bits per heavy atom. The molecule has 20 heavy (non-hydrogen) atoms. The first-order valence-electron chi connectivity index (χ1n) is 5.87. The van der Waals surface area contributed by atoms with Crippen LogP contribution in [-0.2, 0) is 0 Å². The molecule has 4 N–H and O–H groups in total. The van der Waals surface area contributed by atoms with Gasteiger partial charge in [0.25, 0.3) is 0 Å². The van der Waals surface area contributed by atoms with Crippen molar-refractivity contribution in [3.63, 3.8) is 0 Å². The van der Waals surface area contributed by atoms with E-state index in [1.165, 1.54) is 6.21 Å². The molecular formula is C12H16ClN3O4. The molecule has 0 aliphatic carbocycles. The summed E-state index contributed by atoms with van der Waals surface area (Å²) in [6.45, 7) is 2.22. The van der Waals surface area contributed by atoms with Crippen LogP contribution in [0.15, 0.2) is 17.2 Å². The average Bonchev–Trinajstić information content (AvgIpc) is 2.38. The predicted octanol–water partition coefficient (Wildman–Crippen LogP) is 1.11. The molecule has 0 bridgehead atoms. The summed E-state index contributed by atoms with van der Waals surface area (Å²) in [4.78, 5) is 10.5. The number of nitrogens with two attached hydrogens (primary N) is 1. The van der Waals surface area contributed by atoms with Crippen molar-refractivity contribution in [2.75, 3.05) is 19.8 Å². The first-order chi connectivity index (χ1) is 9.58. The van der Waals surface area contributed by atoms with Gasteiger partial charge in [0.15, 0.2) is 11.5 Å². The maximum absolute atomic E-state index is 10.5. The molecule has 0 saturated heterocycles. The van der Waals surface area contributed by atoms with Gasteiger partial charge in [-0.1, -0.05) is 11.6 Å². The quantitative estimate of drug-likeness (QED) is 0.518. The van der Waals surface area contributed by atoms with Crippen LogP contribution in [-0.4, -0.2) is 37.2 Å². The third-order valence-corrected chi connectivity index (χ3v) is 2.34. The molecule has 8 heteroatoms. The van der Waals surface area contributed by atoms with Crippen LogP contribution in [0, 0.1) is 0 Å². The van der Waals surface area contributed by atoms with Gasteiger partial charge in [0.2, 0.25) is 0 Å². The van der Waals surface area contributed by atoms with Crippen molar-refractivity contribution < 1.29 is 19.4 Å². The molecule has 0 atom stereocenters. The van der Waals surface area contributed by atoms with Crippen molar-refractivity contribution in [3.05, 3.63) is 22.7 Å². The molecule has 1 rings (SSSR count). The zero-order valence-electron chi connectivity index (χ0n) is 10.9. The van der Waals surface area contributed by atoms with Crippen LogP contribution in [0.3, 0.4) is 0 Å². The van der Waals surface area contributed by atoms with E-state index in [-0.39, 0.29) is 13.2 Å². The number of nitrogens with one attached hydrogen (secondary N) is 1. The van der Waals surface area contributed by atoms with Crippen molar-refractivity contribution in [1.29, 1.82) is 0 Å². The number of urea groups is 1. The highest BCUT2D eigenvalue weighted by molar-refractivity contribution is 6.32. The third kappa shape index (κ3) is 4.94. The number of rotatable bonds is 7. The molecule has 1 aromatic rings. The molecule has 0 fully saturated rings. The minimum Gasteiger partial charge on any atom is -0.490 e. The van der Waals surface area contributed by atoms with Crippen molar-refractivity contribution in [1.82, 2.24) is 5.43 Å². The number of nitrogens with zero attached hydrogens (tertiary/aromatic N) is 1. The lowest BCUT2D eigenvalue weighted by atomic mass is 10.2. The second-order valence-corrected chi connectivity index (χ2v) is 3.98. The Kier molecular flexibility index (Phi) is 6.61. The number of benzene rings is 1. The van der Waals surface area contributed by atoms with Crippen LogP contribution in [0.4, 0.5) is 4.79 Å². The van der Waals surface area contributed by atoms with E-state index in [1.54, 1.807) is 12.1 Å². The number of carbonyl (C=O) groups is 1. The molecule has 0 spiro atoms.